The van der Waals surface area contributed by atoms with E-state index in [1.165, 1.54) is 23.7 Å². The number of aromatic amines is 1. The Kier molecular flexibility index (Phi) is 3.23. The Hall–Kier alpha value is -1.85. The van der Waals surface area contributed by atoms with Gasteiger partial charge in [0, 0.05) is 13.1 Å². The van der Waals surface area contributed by atoms with Gasteiger partial charge in [0.25, 0.3) is 5.56 Å². The van der Waals surface area contributed by atoms with Crippen molar-refractivity contribution in [2.45, 2.75) is 51.6 Å². The lowest BCUT2D eigenvalue weighted by Crippen LogP contribution is -2.40. The van der Waals surface area contributed by atoms with Crippen LogP contribution < -0.4 is 11.2 Å². The fourth-order valence-corrected chi connectivity index (χ4v) is 2.75. The number of hydrogen-bond donors (Lipinski definition) is 1. The minimum absolute atomic E-state index is 0.216. The Morgan fingerprint density at radius 2 is 1.58 bits per heavy atom. The van der Waals surface area contributed by atoms with Crippen LogP contribution >= 0.6 is 0 Å². The lowest BCUT2D eigenvalue weighted by atomic mass is 10.1. The third kappa shape index (κ3) is 2.11. The monoisotopic (exact) mass is 262 g/mol. The molecule has 0 radical (unpaired) electrons. The van der Waals surface area contributed by atoms with Crippen molar-refractivity contribution in [2.24, 2.45) is 0 Å². The Morgan fingerprint density at radius 1 is 0.947 bits per heavy atom. The van der Waals surface area contributed by atoms with Crippen LogP contribution in [-0.4, -0.2) is 19.1 Å². The molecular weight excluding hydrogens is 244 g/mol. The number of fused-ring (bicyclic) bond motifs is 4. The number of H-pyrrole nitrogens is 1. The van der Waals surface area contributed by atoms with Crippen molar-refractivity contribution >= 4 is 11.2 Å². The van der Waals surface area contributed by atoms with Gasteiger partial charge in [0.2, 0.25) is 0 Å². The fourth-order valence-electron chi connectivity index (χ4n) is 2.75. The molecule has 1 aliphatic rings. The topological polar surface area (TPSA) is 72.7 Å². The number of aromatic nitrogens is 4. The summed E-state index contributed by atoms with van der Waals surface area (Å²) in [7, 11) is 0. The van der Waals surface area contributed by atoms with E-state index in [0.717, 1.165) is 25.7 Å². The lowest BCUT2D eigenvalue weighted by molar-refractivity contribution is 0.538. The van der Waals surface area contributed by atoms with Crippen molar-refractivity contribution in [3.63, 3.8) is 0 Å². The van der Waals surface area contributed by atoms with E-state index in [2.05, 4.69) is 9.97 Å². The van der Waals surface area contributed by atoms with Crippen LogP contribution in [0.5, 0.6) is 0 Å². The highest BCUT2D eigenvalue weighted by molar-refractivity contribution is 5.68. The second kappa shape index (κ2) is 5.03. The molecule has 0 aliphatic carbocycles. The first-order chi connectivity index (χ1) is 9.29. The van der Waals surface area contributed by atoms with Crippen molar-refractivity contribution in [3.05, 3.63) is 27.2 Å². The SMILES string of the molecule is O=c1c2[nH]cnc2n2c(=O)n1CCCCCCCC2. The summed E-state index contributed by atoms with van der Waals surface area (Å²) in [5.41, 5.74) is 0.476. The molecule has 6 heteroatoms. The number of nitrogens with zero attached hydrogens (tertiary/aromatic N) is 3. The first-order valence-electron chi connectivity index (χ1n) is 6.96. The van der Waals surface area contributed by atoms with Crippen LogP contribution in [0.25, 0.3) is 11.2 Å². The van der Waals surface area contributed by atoms with Gasteiger partial charge in [-0.1, -0.05) is 25.7 Å². The van der Waals surface area contributed by atoms with Crippen LogP contribution in [0.2, 0.25) is 0 Å². The molecule has 1 N–H and O–H groups in total. The van der Waals surface area contributed by atoms with E-state index >= 15 is 0 Å². The molecule has 0 aromatic carbocycles. The van der Waals surface area contributed by atoms with E-state index in [-0.39, 0.29) is 11.2 Å². The molecule has 2 aromatic heterocycles. The molecule has 2 bridgehead atoms. The van der Waals surface area contributed by atoms with Crippen LogP contribution in [0.1, 0.15) is 38.5 Å². The van der Waals surface area contributed by atoms with Crippen molar-refractivity contribution in [1.29, 1.82) is 0 Å². The second-order valence-electron chi connectivity index (χ2n) is 5.11. The molecule has 0 amide bonds. The minimum atomic E-state index is -0.243. The van der Waals surface area contributed by atoms with Crippen LogP contribution in [0.3, 0.4) is 0 Å². The van der Waals surface area contributed by atoms with Crippen molar-refractivity contribution < 1.29 is 0 Å². The van der Waals surface area contributed by atoms with Gasteiger partial charge in [0.15, 0.2) is 5.65 Å². The first kappa shape index (κ1) is 12.2. The van der Waals surface area contributed by atoms with Gasteiger partial charge in [-0.2, -0.15) is 0 Å². The normalized spacial score (nSPS) is 17.3. The molecule has 2 aromatic rings. The van der Waals surface area contributed by atoms with Gasteiger partial charge in [-0.25, -0.2) is 9.78 Å². The molecule has 0 unspecified atom stereocenters. The highest BCUT2D eigenvalue weighted by atomic mass is 16.2. The summed E-state index contributed by atoms with van der Waals surface area (Å²) in [6.45, 7) is 1.15. The van der Waals surface area contributed by atoms with E-state index in [0.29, 0.717) is 24.3 Å². The molecule has 1 aliphatic heterocycles. The quantitative estimate of drug-likeness (QED) is 0.776. The molecule has 0 fully saturated rings. The van der Waals surface area contributed by atoms with E-state index < -0.39 is 0 Å². The maximum absolute atomic E-state index is 12.4. The van der Waals surface area contributed by atoms with Gasteiger partial charge >= 0.3 is 5.69 Å². The Balaban J connectivity index is 2.21. The molecule has 0 atom stereocenters. The Morgan fingerprint density at radius 3 is 2.32 bits per heavy atom. The average molecular weight is 262 g/mol. The zero-order chi connectivity index (χ0) is 13.2. The maximum Gasteiger partial charge on any atom is 0.332 e. The van der Waals surface area contributed by atoms with Gasteiger partial charge in [0.1, 0.15) is 5.52 Å². The van der Waals surface area contributed by atoms with Crippen molar-refractivity contribution in [3.8, 4) is 0 Å². The number of imidazole rings is 1. The number of rotatable bonds is 0. The lowest BCUT2D eigenvalue weighted by Gasteiger charge is -2.09. The smallest absolute Gasteiger partial charge is 0.332 e. The Labute approximate surface area is 110 Å². The highest BCUT2D eigenvalue weighted by Crippen LogP contribution is 2.10. The fraction of sp³-hybridized carbons (Fsp3) is 0.615. The average Bonchev–Trinajstić information content (AvgIpc) is 2.87. The Bertz CT molecular complexity index is 695. The maximum atomic E-state index is 12.4. The van der Waals surface area contributed by atoms with Gasteiger partial charge < -0.3 is 4.98 Å². The van der Waals surface area contributed by atoms with E-state index in [9.17, 15) is 9.59 Å². The van der Waals surface area contributed by atoms with Gasteiger partial charge in [0.05, 0.1) is 6.33 Å². The number of aryl methyl sites for hydroxylation is 1. The second-order valence-corrected chi connectivity index (χ2v) is 5.11. The molecule has 19 heavy (non-hydrogen) atoms. The van der Waals surface area contributed by atoms with Crippen LogP contribution in [0, 0.1) is 0 Å². The standard InChI is InChI=1S/C13H18N4O2/c18-12-10-11(15-9-14-10)16-7-5-3-1-2-4-6-8-17(12)13(16)19/h9H,1-8H2,(H,14,15). The summed E-state index contributed by atoms with van der Waals surface area (Å²) in [4.78, 5) is 31.7. The number of hydrogen-bond acceptors (Lipinski definition) is 3. The summed E-state index contributed by atoms with van der Waals surface area (Å²) in [6.07, 6.45) is 7.90. The van der Waals surface area contributed by atoms with Crippen molar-refractivity contribution in [2.75, 3.05) is 0 Å². The molecule has 3 rings (SSSR count). The van der Waals surface area contributed by atoms with E-state index in [1.807, 2.05) is 0 Å². The third-order valence-electron chi connectivity index (χ3n) is 3.81. The molecular formula is C13H18N4O2. The third-order valence-corrected chi connectivity index (χ3v) is 3.81. The summed E-state index contributed by atoms with van der Waals surface area (Å²) in [5.74, 6) is 0. The van der Waals surface area contributed by atoms with Crippen molar-refractivity contribution in [1.82, 2.24) is 19.1 Å². The molecule has 3 heterocycles. The van der Waals surface area contributed by atoms with E-state index in [1.54, 1.807) is 4.57 Å². The van der Waals surface area contributed by atoms with Crippen LogP contribution in [0.15, 0.2) is 15.9 Å². The van der Waals surface area contributed by atoms with Crippen LogP contribution in [0.4, 0.5) is 0 Å². The molecule has 102 valence electrons. The summed E-state index contributed by atoms with van der Waals surface area (Å²) in [6, 6.07) is 0. The van der Waals surface area contributed by atoms with Gasteiger partial charge in [-0.05, 0) is 12.8 Å². The van der Waals surface area contributed by atoms with Crippen LogP contribution in [-0.2, 0) is 13.1 Å². The predicted molar refractivity (Wildman–Crippen MR) is 72.3 cm³/mol. The van der Waals surface area contributed by atoms with Gasteiger partial charge in [-0.3, -0.25) is 13.9 Å². The summed E-state index contributed by atoms with van der Waals surface area (Å²) >= 11 is 0. The summed E-state index contributed by atoms with van der Waals surface area (Å²) < 4.78 is 2.99. The van der Waals surface area contributed by atoms with Gasteiger partial charge in [-0.15, -0.1) is 0 Å². The molecule has 0 saturated carbocycles. The predicted octanol–water partition coefficient (Wildman–Crippen LogP) is 1.24. The molecule has 6 nitrogen and oxygen atoms in total. The zero-order valence-corrected chi connectivity index (χ0v) is 10.9. The van der Waals surface area contributed by atoms with E-state index in [4.69, 9.17) is 0 Å². The largest absolute Gasteiger partial charge is 0.339 e. The zero-order valence-electron chi connectivity index (χ0n) is 10.9. The summed E-state index contributed by atoms with van der Waals surface area (Å²) in [5, 5.41) is 0. The molecule has 0 saturated heterocycles. The first-order valence-corrected chi connectivity index (χ1v) is 6.96. The molecule has 0 spiro atoms. The number of nitrogens with one attached hydrogen (secondary N) is 1. The highest BCUT2D eigenvalue weighted by Gasteiger charge is 2.15. The minimum Gasteiger partial charge on any atom is -0.339 e.